The molecule has 0 aliphatic carbocycles. The van der Waals surface area contributed by atoms with Gasteiger partial charge in [-0.2, -0.15) is 5.10 Å². The molecule has 0 aliphatic rings. The van der Waals surface area contributed by atoms with Gasteiger partial charge in [0.25, 0.3) is 0 Å². The molecule has 0 fully saturated rings. The molecule has 0 radical (unpaired) electrons. The van der Waals surface area contributed by atoms with E-state index >= 15 is 0 Å². The third-order valence-corrected chi connectivity index (χ3v) is 3.37. The number of carbonyl (C=O) groups excluding carboxylic acids is 1. The number of halogens is 1. The van der Waals surface area contributed by atoms with Crippen LogP contribution in [0.2, 0.25) is 0 Å². The lowest BCUT2D eigenvalue weighted by Crippen LogP contribution is -2.15. The van der Waals surface area contributed by atoms with Gasteiger partial charge in [0.1, 0.15) is 5.82 Å². The first-order chi connectivity index (χ1) is 11.2. The molecule has 0 saturated carbocycles. The van der Waals surface area contributed by atoms with Gasteiger partial charge in [-0.15, -0.1) is 0 Å². The number of nitrogens with one attached hydrogen (secondary N) is 1. The summed E-state index contributed by atoms with van der Waals surface area (Å²) in [6.45, 7) is 0.647. The Bertz CT molecular complexity index is 782. The van der Waals surface area contributed by atoms with Crippen LogP contribution in [0.3, 0.4) is 0 Å². The van der Waals surface area contributed by atoms with Crippen LogP contribution in [0, 0.1) is 5.82 Å². The van der Waals surface area contributed by atoms with Crippen molar-refractivity contribution in [3.63, 3.8) is 0 Å². The highest BCUT2D eigenvalue weighted by Crippen LogP contribution is 2.08. The number of carbonyl (C=O) groups is 1. The Balaban J connectivity index is 1.58. The van der Waals surface area contributed by atoms with Crippen molar-refractivity contribution in [2.24, 2.45) is 0 Å². The summed E-state index contributed by atoms with van der Waals surface area (Å²) < 4.78 is 14.6. The molecule has 23 heavy (non-hydrogen) atoms. The maximum Gasteiger partial charge on any atom is 0.229 e. The van der Waals surface area contributed by atoms with Crippen LogP contribution >= 0.6 is 0 Å². The zero-order chi connectivity index (χ0) is 16.1. The smallest absolute Gasteiger partial charge is 0.229 e. The maximum atomic E-state index is 12.8. The molecular formula is C18H16FN3O. The summed E-state index contributed by atoms with van der Waals surface area (Å²) in [5, 5.41) is 7.07. The molecule has 3 rings (SSSR count). The zero-order valence-corrected chi connectivity index (χ0v) is 12.4. The summed E-state index contributed by atoms with van der Waals surface area (Å²) >= 11 is 0. The van der Waals surface area contributed by atoms with E-state index in [0.717, 1.165) is 11.1 Å². The van der Waals surface area contributed by atoms with Gasteiger partial charge in [-0.3, -0.25) is 9.48 Å². The quantitative estimate of drug-likeness (QED) is 0.786. The molecule has 3 aromatic rings. The highest BCUT2D eigenvalue weighted by atomic mass is 19.1. The Morgan fingerprint density at radius 1 is 1.00 bits per heavy atom. The van der Waals surface area contributed by atoms with Crippen molar-refractivity contribution in [3.8, 4) is 0 Å². The molecule has 0 saturated heterocycles. The van der Waals surface area contributed by atoms with Crippen LogP contribution < -0.4 is 5.32 Å². The molecule has 1 N–H and O–H groups in total. The number of hydrogen-bond donors (Lipinski definition) is 1. The Hall–Kier alpha value is -2.95. The topological polar surface area (TPSA) is 46.9 Å². The van der Waals surface area contributed by atoms with Crippen LogP contribution in [0.15, 0.2) is 66.9 Å². The van der Waals surface area contributed by atoms with E-state index in [-0.39, 0.29) is 18.1 Å². The summed E-state index contributed by atoms with van der Waals surface area (Å²) in [6, 6.07) is 17.6. The van der Waals surface area contributed by atoms with Crippen LogP contribution in [0.25, 0.3) is 0 Å². The molecule has 2 aromatic carbocycles. The molecule has 5 heteroatoms. The second kappa shape index (κ2) is 6.87. The average Bonchev–Trinajstić information content (AvgIpc) is 2.97. The number of hydrogen-bond acceptors (Lipinski definition) is 2. The molecule has 0 unspecified atom stereocenters. The van der Waals surface area contributed by atoms with E-state index < -0.39 is 0 Å². The fourth-order valence-electron chi connectivity index (χ4n) is 2.26. The van der Waals surface area contributed by atoms with Crippen molar-refractivity contribution >= 4 is 11.7 Å². The second-order valence-electron chi connectivity index (χ2n) is 5.24. The fraction of sp³-hybridized carbons (Fsp3) is 0.111. The summed E-state index contributed by atoms with van der Waals surface area (Å²) in [4.78, 5) is 12.0. The van der Waals surface area contributed by atoms with Crippen LogP contribution in [0.4, 0.5) is 10.2 Å². The Kier molecular flexibility index (Phi) is 4.47. The molecule has 0 spiro atoms. The van der Waals surface area contributed by atoms with Gasteiger partial charge in [-0.1, -0.05) is 42.5 Å². The van der Waals surface area contributed by atoms with E-state index in [1.165, 1.54) is 12.1 Å². The van der Waals surface area contributed by atoms with Crippen molar-refractivity contribution in [1.82, 2.24) is 9.78 Å². The normalized spacial score (nSPS) is 10.5. The van der Waals surface area contributed by atoms with Crippen molar-refractivity contribution in [2.75, 3.05) is 5.32 Å². The van der Waals surface area contributed by atoms with E-state index in [4.69, 9.17) is 0 Å². The molecule has 1 amide bonds. The lowest BCUT2D eigenvalue weighted by atomic mass is 10.1. The third-order valence-electron chi connectivity index (χ3n) is 3.37. The van der Waals surface area contributed by atoms with E-state index in [0.29, 0.717) is 12.4 Å². The molecule has 1 aromatic heterocycles. The van der Waals surface area contributed by atoms with Crippen molar-refractivity contribution < 1.29 is 9.18 Å². The maximum absolute atomic E-state index is 12.8. The molecule has 0 atom stereocenters. The molecular weight excluding hydrogens is 293 g/mol. The fourth-order valence-corrected chi connectivity index (χ4v) is 2.26. The second-order valence-corrected chi connectivity index (χ2v) is 5.24. The van der Waals surface area contributed by atoms with Crippen molar-refractivity contribution in [2.45, 2.75) is 13.0 Å². The number of anilines is 1. The zero-order valence-electron chi connectivity index (χ0n) is 12.4. The van der Waals surface area contributed by atoms with Gasteiger partial charge >= 0.3 is 0 Å². The van der Waals surface area contributed by atoms with E-state index in [2.05, 4.69) is 10.4 Å². The molecule has 0 bridgehead atoms. The number of nitrogens with zero attached hydrogens (tertiary/aromatic N) is 2. The van der Waals surface area contributed by atoms with Crippen LogP contribution in [0.1, 0.15) is 11.1 Å². The summed E-state index contributed by atoms with van der Waals surface area (Å²) in [5.41, 5.74) is 1.90. The number of amides is 1. The standard InChI is InChI=1S/C18H16FN3O/c19-16-8-6-14(7-9-16)12-18(23)20-17-10-11-22(21-17)13-15-4-2-1-3-5-15/h1-11H,12-13H2,(H,20,21,23). The first-order valence-electron chi connectivity index (χ1n) is 7.31. The van der Waals surface area contributed by atoms with Gasteiger partial charge in [-0.25, -0.2) is 4.39 Å². The van der Waals surface area contributed by atoms with Crippen LogP contribution in [0.5, 0.6) is 0 Å². The largest absolute Gasteiger partial charge is 0.309 e. The lowest BCUT2D eigenvalue weighted by Gasteiger charge is -2.03. The van der Waals surface area contributed by atoms with Gasteiger partial charge in [0.15, 0.2) is 5.82 Å². The number of rotatable bonds is 5. The predicted octanol–water partition coefficient (Wildman–Crippen LogP) is 3.25. The van der Waals surface area contributed by atoms with Crippen LogP contribution in [-0.4, -0.2) is 15.7 Å². The SMILES string of the molecule is O=C(Cc1ccc(F)cc1)Nc1ccn(Cc2ccccc2)n1. The monoisotopic (exact) mass is 309 g/mol. The summed E-state index contributed by atoms with van der Waals surface area (Å²) in [6.07, 6.45) is 2.01. The molecule has 1 heterocycles. The Labute approximate surface area is 133 Å². The van der Waals surface area contributed by atoms with E-state index in [1.807, 2.05) is 36.5 Å². The Morgan fingerprint density at radius 3 is 2.48 bits per heavy atom. The minimum Gasteiger partial charge on any atom is -0.309 e. The first kappa shape index (κ1) is 15.0. The van der Waals surface area contributed by atoms with Crippen molar-refractivity contribution in [3.05, 3.63) is 83.8 Å². The summed E-state index contributed by atoms with van der Waals surface area (Å²) in [7, 11) is 0. The molecule has 116 valence electrons. The van der Waals surface area contributed by atoms with Crippen molar-refractivity contribution in [1.29, 1.82) is 0 Å². The summed E-state index contributed by atoms with van der Waals surface area (Å²) in [5.74, 6) is 0.0171. The van der Waals surface area contributed by atoms with Crippen LogP contribution in [-0.2, 0) is 17.8 Å². The van der Waals surface area contributed by atoms with Gasteiger partial charge in [0.2, 0.25) is 5.91 Å². The van der Waals surface area contributed by atoms with E-state index in [1.54, 1.807) is 22.9 Å². The van der Waals surface area contributed by atoms with Gasteiger partial charge in [0, 0.05) is 12.3 Å². The minimum absolute atomic E-state index is 0.179. The predicted molar refractivity (Wildman–Crippen MR) is 86.5 cm³/mol. The highest BCUT2D eigenvalue weighted by Gasteiger charge is 2.07. The number of benzene rings is 2. The average molecular weight is 309 g/mol. The van der Waals surface area contributed by atoms with E-state index in [9.17, 15) is 9.18 Å². The third kappa shape index (κ3) is 4.26. The van der Waals surface area contributed by atoms with Gasteiger partial charge < -0.3 is 5.32 Å². The van der Waals surface area contributed by atoms with Gasteiger partial charge in [0.05, 0.1) is 13.0 Å². The van der Waals surface area contributed by atoms with Gasteiger partial charge in [-0.05, 0) is 23.3 Å². The first-order valence-corrected chi connectivity index (χ1v) is 7.31. The lowest BCUT2D eigenvalue weighted by molar-refractivity contribution is -0.115. The minimum atomic E-state index is -0.311. The number of aromatic nitrogens is 2. The molecule has 4 nitrogen and oxygen atoms in total. The Morgan fingerprint density at radius 2 is 1.74 bits per heavy atom. The molecule has 0 aliphatic heterocycles. The highest BCUT2D eigenvalue weighted by molar-refractivity contribution is 5.91.